The molecular weight excluding hydrogens is 1060 g/mol. The highest BCUT2D eigenvalue weighted by molar-refractivity contribution is 7.13. The predicted molar refractivity (Wildman–Crippen MR) is 329 cm³/mol. The average molecular weight is 1130 g/mol. The zero-order valence-electron chi connectivity index (χ0n) is 47.8. The van der Waals surface area contributed by atoms with Gasteiger partial charge in [-0.05, 0) is 109 Å². The number of nitrogens with zero attached hydrogens (tertiary/aromatic N) is 4. The number of carbonyl (C=O) groups excluding carboxylic acids is 2. The number of nitrogens with one attached hydrogen (secondary N) is 1. The molecule has 1 aliphatic carbocycles. The van der Waals surface area contributed by atoms with Crippen LogP contribution >= 0.6 is 34.3 Å². The molecule has 0 saturated heterocycles. The normalized spacial score (nSPS) is 12.9. The molecule has 1 atom stereocenters. The number of pyridine rings is 2. The fraction of sp³-hybridized carbons (Fsp3) is 0.338. The van der Waals surface area contributed by atoms with Crippen LogP contribution in [0.4, 0.5) is 0 Å². The highest BCUT2D eigenvalue weighted by Gasteiger charge is 2.36. The number of Topliss-reactive ketones (excluding diaryl/α,β-unsaturated/α-hetero) is 1. The van der Waals surface area contributed by atoms with E-state index in [1.807, 2.05) is 105 Å². The summed E-state index contributed by atoms with van der Waals surface area (Å²) in [5.74, 6) is -1.51. The van der Waals surface area contributed by atoms with E-state index in [9.17, 15) is 29.1 Å². The number of para-hydroxylation sites is 2. The van der Waals surface area contributed by atoms with E-state index in [0.29, 0.717) is 69.7 Å². The van der Waals surface area contributed by atoms with Crippen molar-refractivity contribution in [1.82, 2.24) is 24.4 Å². The molecule has 0 radical (unpaired) electrons. The summed E-state index contributed by atoms with van der Waals surface area (Å²) in [4.78, 5) is 77.0. The second-order valence-corrected chi connectivity index (χ2v) is 23.1. The van der Waals surface area contributed by atoms with Crippen LogP contribution in [0.1, 0.15) is 136 Å². The van der Waals surface area contributed by atoms with Crippen molar-refractivity contribution in [3.8, 4) is 55.0 Å². The minimum atomic E-state index is -1.26. The van der Waals surface area contributed by atoms with E-state index in [1.54, 1.807) is 22.8 Å². The first-order valence-corrected chi connectivity index (χ1v) is 29.8. The van der Waals surface area contributed by atoms with Crippen LogP contribution in [0.25, 0.3) is 55.0 Å². The molecule has 0 aliphatic heterocycles. The van der Waals surface area contributed by atoms with Gasteiger partial charge in [0.2, 0.25) is 0 Å². The van der Waals surface area contributed by atoms with Gasteiger partial charge >= 0.3 is 5.97 Å². The smallest absolute Gasteiger partial charge is 0.322 e. The van der Waals surface area contributed by atoms with E-state index in [-0.39, 0.29) is 45.9 Å². The molecule has 15 heteroatoms. The molecule has 4 aromatic carbocycles. The van der Waals surface area contributed by atoms with Crippen LogP contribution in [-0.2, 0) is 43.3 Å². The Labute approximate surface area is 482 Å². The summed E-state index contributed by atoms with van der Waals surface area (Å²) in [6.07, 6.45) is 4.58. The molecular formula is C65H73ClN6O6S2. The summed E-state index contributed by atoms with van der Waals surface area (Å²) in [6, 6.07) is 29.8. The zero-order chi connectivity index (χ0) is 58.2. The molecule has 4 heterocycles. The summed E-state index contributed by atoms with van der Waals surface area (Å²) < 4.78 is 3.54. The molecule has 0 saturated carbocycles. The number of aromatic nitrogens is 4. The summed E-state index contributed by atoms with van der Waals surface area (Å²) in [5, 5.41) is 17.5. The molecule has 12 nitrogen and oxygen atoms in total. The molecule has 0 spiro atoms. The number of aryl methyl sites for hydroxylation is 5. The zero-order valence-corrected chi connectivity index (χ0v) is 50.1. The Morgan fingerprint density at radius 2 is 1.21 bits per heavy atom. The predicted octanol–water partition coefficient (Wildman–Crippen LogP) is 14.0. The summed E-state index contributed by atoms with van der Waals surface area (Å²) >= 11 is 8.84. The number of benzene rings is 4. The van der Waals surface area contributed by atoms with Crippen LogP contribution in [-0.4, -0.2) is 54.5 Å². The van der Waals surface area contributed by atoms with Crippen molar-refractivity contribution in [2.45, 2.75) is 127 Å². The van der Waals surface area contributed by atoms with Gasteiger partial charge in [0, 0.05) is 56.8 Å². The van der Waals surface area contributed by atoms with Crippen LogP contribution in [0.5, 0.6) is 0 Å². The molecule has 1 aliphatic rings. The minimum Gasteiger partial charge on any atom is -0.480 e. The van der Waals surface area contributed by atoms with Crippen molar-refractivity contribution < 1.29 is 19.5 Å². The van der Waals surface area contributed by atoms with Gasteiger partial charge in [-0.3, -0.25) is 33.1 Å². The van der Waals surface area contributed by atoms with Gasteiger partial charge in [-0.2, -0.15) is 0 Å². The average Bonchev–Trinajstić information content (AvgIpc) is 4.28. The summed E-state index contributed by atoms with van der Waals surface area (Å²) in [5.41, 5.74) is 18.7. The number of thiazole rings is 2. The van der Waals surface area contributed by atoms with Crippen molar-refractivity contribution in [1.29, 1.82) is 0 Å². The number of ketones is 1. The van der Waals surface area contributed by atoms with Crippen molar-refractivity contribution in [2.75, 3.05) is 6.54 Å². The van der Waals surface area contributed by atoms with Gasteiger partial charge in [0.05, 0.1) is 39.5 Å². The molecule has 8 aromatic rings. The van der Waals surface area contributed by atoms with Crippen LogP contribution in [0, 0.1) is 18.3 Å². The van der Waals surface area contributed by atoms with E-state index in [2.05, 4.69) is 70.3 Å². The topological polar surface area (TPSA) is 179 Å². The fourth-order valence-electron chi connectivity index (χ4n) is 10.3. The Bertz CT molecular complexity index is 3640. The summed E-state index contributed by atoms with van der Waals surface area (Å²) in [7, 11) is 0. The van der Waals surface area contributed by atoms with Gasteiger partial charge in [0.25, 0.3) is 17.0 Å². The van der Waals surface area contributed by atoms with Gasteiger partial charge in [-0.1, -0.05) is 154 Å². The van der Waals surface area contributed by atoms with Crippen LogP contribution in [0.3, 0.4) is 0 Å². The van der Waals surface area contributed by atoms with Crippen molar-refractivity contribution in [2.24, 2.45) is 17.1 Å². The highest BCUT2D eigenvalue weighted by Crippen LogP contribution is 2.39. The van der Waals surface area contributed by atoms with Gasteiger partial charge in [-0.25, -0.2) is 9.97 Å². The maximum atomic E-state index is 14.5. The summed E-state index contributed by atoms with van der Waals surface area (Å²) in [6.45, 7) is 22.4. The number of hydrogen-bond donors (Lipinski definition) is 3. The Balaban J connectivity index is 0.000000226. The highest BCUT2D eigenvalue weighted by atomic mass is 35.5. The Hall–Kier alpha value is -7.10. The second kappa shape index (κ2) is 26.4. The quantitative estimate of drug-likeness (QED) is 0.0849. The SMILES string of the molecule is CC.CCc1cccc(CC)c1-n1c(CC(C)C)c(C(=O)NCC(N)C(=O)O)cc(-c2nc(-c3ccc(Cl)cc3)cs2)c1=O.CCc1cccc(CC)c1-n1c2c(cc(-c3nc(-c4ccccc4C)cs3)c1=O)C(=O)CC(C)(C)C2. The van der Waals surface area contributed by atoms with E-state index >= 15 is 0 Å². The van der Waals surface area contributed by atoms with Gasteiger partial charge in [-0.15, -0.1) is 22.7 Å². The molecule has 4 aromatic heterocycles. The van der Waals surface area contributed by atoms with Crippen LogP contribution < -0.4 is 22.2 Å². The number of carboxylic acids is 1. The number of carboxylic acid groups (broad SMARTS) is 1. The van der Waals surface area contributed by atoms with E-state index in [1.165, 1.54) is 22.7 Å². The third-order valence-corrected chi connectivity index (χ3v) is 16.2. The molecule has 1 amide bonds. The lowest BCUT2D eigenvalue weighted by Crippen LogP contribution is -2.43. The number of rotatable bonds is 16. The fourth-order valence-corrected chi connectivity index (χ4v) is 12.0. The number of hydrogen-bond acceptors (Lipinski definition) is 10. The lowest BCUT2D eigenvalue weighted by atomic mass is 9.75. The van der Waals surface area contributed by atoms with E-state index in [4.69, 9.17) is 27.3 Å². The Morgan fingerprint density at radius 3 is 1.75 bits per heavy atom. The second-order valence-electron chi connectivity index (χ2n) is 21.0. The third-order valence-electron chi connectivity index (χ3n) is 14.2. The largest absolute Gasteiger partial charge is 0.480 e. The lowest BCUT2D eigenvalue weighted by molar-refractivity contribution is -0.138. The van der Waals surface area contributed by atoms with E-state index in [0.717, 1.165) is 74.5 Å². The van der Waals surface area contributed by atoms with Gasteiger partial charge < -0.3 is 16.2 Å². The van der Waals surface area contributed by atoms with Crippen LogP contribution in [0.15, 0.2) is 117 Å². The number of carbonyl (C=O) groups is 3. The standard InChI is InChI=1S/C32H35ClN4O4S.C31H32N2O2S.C2H6/c1-5-19-8-7-9-20(6-2)28(19)37-27(14-18(3)4)23(29(38)35-16-25(34)32(40)41)15-24(31(37)39)30-36-26(17-42-30)21-10-12-22(33)13-11-21;1-6-20-12-10-13-21(7-2)28(20)33-26-16-31(4,5)17-27(34)23(26)15-24(30(33)35)29-32-25(18-36-29)22-14-9-8-11-19(22)3;1-2/h7-13,15,17-18,25H,5-6,14,16,34H2,1-4H3,(H,35,38)(H,40,41);8-15,18H,6-7,16-17H2,1-5H3;1-2H3. The molecule has 1 unspecified atom stereocenters. The first-order valence-electron chi connectivity index (χ1n) is 27.6. The molecule has 4 N–H and O–H groups in total. The third kappa shape index (κ3) is 13.1. The number of fused-ring (bicyclic) bond motifs is 1. The number of amides is 1. The number of aliphatic carboxylic acids is 1. The Morgan fingerprint density at radius 1 is 0.700 bits per heavy atom. The molecule has 9 rings (SSSR count). The van der Waals surface area contributed by atoms with Crippen molar-refractivity contribution in [3.05, 3.63) is 184 Å². The van der Waals surface area contributed by atoms with Gasteiger partial charge in [0.15, 0.2) is 5.78 Å². The maximum Gasteiger partial charge on any atom is 0.322 e. The molecule has 418 valence electrons. The lowest BCUT2D eigenvalue weighted by Gasteiger charge is -2.33. The van der Waals surface area contributed by atoms with Crippen LogP contribution in [0.2, 0.25) is 5.02 Å². The van der Waals surface area contributed by atoms with Crippen molar-refractivity contribution in [3.63, 3.8) is 0 Å². The van der Waals surface area contributed by atoms with E-state index < -0.39 is 17.9 Å². The monoisotopic (exact) mass is 1130 g/mol. The maximum absolute atomic E-state index is 14.5. The number of halogens is 1. The molecule has 80 heavy (non-hydrogen) atoms. The molecule has 0 fully saturated rings. The van der Waals surface area contributed by atoms with Crippen molar-refractivity contribution >= 4 is 51.9 Å². The number of nitrogens with two attached hydrogens (primary N) is 1. The molecule has 0 bridgehead atoms. The minimum absolute atomic E-state index is 0.0963. The first kappa shape index (κ1) is 60.5. The Kier molecular flexibility index (Phi) is 20.0. The first-order chi connectivity index (χ1) is 38.3. The van der Waals surface area contributed by atoms with Gasteiger partial charge in [0.1, 0.15) is 16.1 Å².